The first-order valence-corrected chi connectivity index (χ1v) is 7.33. The molecule has 0 aliphatic carbocycles. The van der Waals surface area contributed by atoms with Gasteiger partial charge in [0.15, 0.2) is 5.82 Å². The lowest BCUT2D eigenvalue weighted by Crippen LogP contribution is -2.40. The summed E-state index contributed by atoms with van der Waals surface area (Å²) in [6.45, 7) is 8.06. The van der Waals surface area contributed by atoms with Crippen LogP contribution in [0.15, 0.2) is 4.52 Å². The predicted molar refractivity (Wildman–Crippen MR) is 72.9 cm³/mol. The minimum atomic E-state index is -0.279. The van der Waals surface area contributed by atoms with Crippen molar-refractivity contribution in [1.29, 1.82) is 0 Å². The zero-order chi connectivity index (χ0) is 13.8. The SMILES string of the molecule is CCC(O)C1CCNCC1c1noc(CC(C)C)n1. The maximum absolute atomic E-state index is 10.2. The average molecular weight is 267 g/mol. The van der Waals surface area contributed by atoms with E-state index in [1.165, 1.54) is 0 Å². The Bertz CT molecular complexity index is 392. The van der Waals surface area contributed by atoms with Crippen molar-refractivity contribution in [2.24, 2.45) is 11.8 Å². The maximum atomic E-state index is 10.2. The van der Waals surface area contributed by atoms with Crippen LogP contribution in [-0.4, -0.2) is 34.4 Å². The van der Waals surface area contributed by atoms with E-state index in [0.29, 0.717) is 11.8 Å². The molecule has 0 amide bonds. The van der Waals surface area contributed by atoms with Crippen molar-refractivity contribution >= 4 is 0 Å². The summed E-state index contributed by atoms with van der Waals surface area (Å²) in [7, 11) is 0. The van der Waals surface area contributed by atoms with Gasteiger partial charge in [0, 0.05) is 18.9 Å². The quantitative estimate of drug-likeness (QED) is 0.850. The summed E-state index contributed by atoms with van der Waals surface area (Å²) >= 11 is 0. The van der Waals surface area contributed by atoms with Crippen LogP contribution < -0.4 is 5.32 Å². The Morgan fingerprint density at radius 3 is 2.95 bits per heavy atom. The van der Waals surface area contributed by atoms with Gasteiger partial charge in [0.2, 0.25) is 5.89 Å². The minimum Gasteiger partial charge on any atom is -0.393 e. The summed E-state index contributed by atoms with van der Waals surface area (Å²) in [5.41, 5.74) is 0. The second-order valence-corrected chi connectivity index (χ2v) is 5.88. The fraction of sp³-hybridized carbons (Fsp3) is 0.857. The van der Waals surface area contributed by atoms with Crippen LogP contribution in [0.5, 0.6) is 0 Å². The van der Waals surface area contributed by atoms with Gasteiger partial charge in [-0.25, -0.2) is 0 Å². The molecule has 5 heteroatoms. The Morgan fingerprint density at radius 2 is 2.26 bits per heavy atom. The zero-order valence-electron chi connectivity index (χ0n) is 12.1. The number of aliphatic hydroxyl groups excluding tert-OH is 1. The van der Waals surface area contributed by atoms with Gasteiger partial charge >= 0.3 is 0 Å². The summed E-state index contributed by atoms with van der Waals surface area (Å²) in [6.07, 6.45) is 2.28. The third-order valence-corrected chi connectivity index (χ3v) is 3.85. The van der Waals surface area contributed by atoms with E-state index in [-0.39, 0.29) is 17.9 Å². The third-order valence-electron chi connectivity index (χ3n) is 3.85. The van der Waals surface area contributed by atoms with Crippen molar-refractivity contribution < 1.29 is 9.63 Å². The summed E-state index contributed by atoms with van der Waals surface area (Å²) in [5.74, 6) is 2.36. The normalized spacial score (nSPS) is 25.7. The van der Waals surface area contributed by atoms with Crippen LogP contribution in [0.1, 0.15) is 51.2 Å². The van der Waals surface area contributed by atoms with Crippen LogP contribution in [-0.2, 0) is 6.42 Å². The first kappa shape index (κ1) is 14.5. The molecule has 2 rings (SSSR count). The van der Waals surface area contributed by atoms with Crippen LogP contribution in [0, 0.1) is 11.8 Å². The number of piperidine rings is 1. The molecule has 1 saturated heterocycles. The molecule has 1 aromatic heterocycles. The highest BCUT2D eigenvalue weighted by atomic mass is 16.5. The highest BCUT2D eigenvalue weighted by Gasteiger charge is 2.34. The van der Waals surface area contributed by atoms with Crippen LogP contribution in [0.25, 0.3) is 0 Å². The van der Waals surface area contributed by atoms with Crippen molar-refractivity contribution in [3.05, 3.63) is 11.7 Å². The molecule has 5 nitrogen and oxygen atoms in total. The van der Waals surface area contributed by atoms with E-state index >= 15 is 0 Å². The summed E-state index contributed by atoms with van der Waals surface area (Å²) < 4.78 is 5.32. The highest BCUT2D eigenvalue weighted by Crippen LogP contribution is 2.31. The monoisotopic (exact) mass is 267 g/mol. The van der Waals surface area contributed by atoms with Crippen LogP contribution in [0.3, 0.4) is 0 Å². The van der Waals surface area contributed by atoms with Gasteiger partial charge in [0.05, 0.1) is 6.10 Å². The fourth-order valence-corrected chi connectivity index (χ4v) is 2.78. The second-order valence-electron chi connectivity index (χ2n) is 5.88. The molecule has 1 aliphatic rings. The molecule has 2 heterocycles. The maximum Gasteiger partial charge on any atom is 0.226 e. The standard InChI is InChI=1S/C14H25N3O2/c1-4-12(18)10-5-6-15-8-11(10)14-16-13(19-17-14)7-9(2)3/h9-12,15,18H,4-8H2,1-3H3. The summed E-state index contributed by atoms with van der Waals surface area (Å²) in [5, 5.41) is 17.6. The first-order chi connectivity index (χ1) is 9.11. The molecule has 0 aromatic carbocycles. The van der Waals surface area contributed by atoms with Gasteiger partial charge in [0.25, 0.3) is 0 Å². The van der Waals surface area contributed by atoms with E-state index in [2.05, 4.69) is 29.3 Å². The molecule has 2 N–H and O–H groups in total. The molecular formula is C14H25N3O2. The van der Waals surface area contributed by atoms with E-state index in [0.717, 1.165) is 38.2 Å². The van der Waals surface area contributed by atoms with Crippen molar-refractivity contribution in [2.75, 3.05) is 13.1 Å². The van der Waals surface area contributed by atoms with E-state index < -0.39 is 0 Å². The lowest BCUT2D eigenvalue weighted by Gasteiger charge is -2.33. The highest BCUT2D eigenvalue weighted by molar-refractivity contribution is 5.03. The minimum absolute atomic E-state index is 0.161. The van der Waals surface area contributed by atoms with E-state index in [1.807, 2.05) is 6.92 Å². The molecule has 0 radical (unpaired) electrons. The van der Waals surface area contributed by atoms with Gasteiger partial charge in [-0.3, -0.25) is 0 Å². The molecule has 1 aliphatic heterocycles. The Balaban J connectivity index is 2.11. The molecule has 108 valence electrons. The number of rotatable bonds is 5. The number of nitrogens with zero attached hydrogens (tertiary/aromatic N) is 2. The van der Waals surface area contributed by atoms with Crippen molar-refractivity contribution in [1.82, 2.24) is 15.5 Å². The number of nitrogens with one attached hydrogen (secondary N) is 1. The zero-order valence-corrected chi connectivity index (χ0v) is 12.1. The van der Waals surface area contributed by atoms with Crippen LogP contribution in [0.2, 0.25) is 0 Å². The molecule has 0 spiro atoms. The summed E-state index contributed by atoms with van der Waals surface area (Å²) in [4.78, 5) is 4.51. The summed E-state index contributed by atoms with van der Waals surface area (Å²) in [6, 6.07) is 0. The van der Waals surface area contributed by atoms with E-state index in [9.17, 15) is 5.11 Å². The fourth-order valence-electron chi connectivity index (χ4n) is 2.78. The molecule has 3 atom stereocenters. The van der Waals surface area contributed by atoms with Gasteiger partial charge < -0.3 is 14.9 Å². The molecule has 19 heavy (non-hydrogen) atoms. The lowest BCUT2D eigenvalue weighted by atomic mass is 9.81. The Hall–Kier alpha value is -0.940. The van der Waals surface area contributed by atoms with Gasteiger partial charge in [-0.1, -0.05) is 25.9 Å². The number of hydrogen-bond acceptors (Lipinski definition) is 5. The molecule has 0 saturated carbocycles. The van der Waals surface area contributed by atoms with Gasteiger partial charge in [0.1, 0.15) is 0 Å². The Labute approximate surface area is 114 Å². The van der Waals surface area contributed by atoms with Crippen LogP contribution >= 0.6 is 0 Å². The van der Waals surface area contributed by atoms with E-state index in [4.69, 9.17) is 4.52 Å². The molecular weight excluding hydrogens is 242 g/mol. The van der Waals surface area contributed by atoms with Gasteiger partial charge in [-0.15, -0.1) is 0 Å². The lowest BCUT2D eigenvalue weighted by molar-refractivity contribution is 0.0700. The predicted octanol–water partition coefficient (Wildman–Crippen LogP) is 1.73. The topological polar surface area (TPSA) is 71.2 Å². The van der Waals surface area contributed by atoms with Crippen molar-refractivity contribution in [2.45, 2.75) is 52.1 Å². The van der Waals surface area contributed by atoms with Gasteiger partial charge in [-0.2, -0.15) is 4.98 Å². The van der Waals surface area contributed by atoms with Crippen molar-refractivity contribution in [3.8, 4) is 0 Å². The number of aromatic nitrogens is 2. The first-order valence-electron chi connectivity index (χ1n) is 7.33. The molecule has 1 fully saturated rings. The van der Waals surface area contributed by atoms with E-state index in [1.54, 1.807) is 0 Å². The molecule has 1 aromatic rings. The Kier molecular flexibility index (Phi) is 4.93. The average Bonchev–Trinajstić information content (AvgIpc) is 2.85. The smallest absolute Gasteiger partial charge is 0.226 e. The van der Waals surface area contributed by atoms with Crippen LogP contribution in [0.4, 0.5) is 0 Å². The second kappa shape index (κ2) is 6.48. The molecule has 0 bridgehead atoms. The molecule has 3 unspecified atom stereocenters. The number of hydrogen-bond donors (Lipinski definition) is 2. The number of aliphatic hydroxyl groups is 1. The third kappa shape index (κ3) is 3.54. The van der Waals surface area contributed by atoms with Gasteiger partial charge in [-0.05, 0) is 31.2 Å². The van der Waals surface area contributed by atoms with Crippen molar-refractivity contribution in [3.63, 3.8) is 0 Å². The Morgan fingerprint density at radius 1 is 1.47 bits per heavy atom. The largest absolute Gasteiger partial charge is 0.393 e.